The highest BCUT2D eigenvalue weighted by molar-refractivity contribution is 5.95. The number of tetrazole rings is 1. The molecule has 0 spiro atoms. The molecule has 0 radical (unpaired) electrons. The molecule has 5 rings (SSSR count). The van der Waals surface area contributed by atoms with Crippen LogP contribution in [0.1, 0.15) is 10.4 Å². The topological polar surface area (TPSA) is 92.4 Å². The monoisotopic (exact) mass is 360 g/mol. The summed E-state index contributed by atoms with van der Waals surface area (Å²) in [6.07, 6.45) is 3.29. The van der Waals surface area contributed by atoms with E-state index in [4.69, 9.17) is 0 Å². The molecule has 134 valence electrons. The van der Waals surface area contributed by atoms with Crippen LogP contribution >= 0.6 is 0 Å². The molecule has 0 N–H and O–H groups in total. The van der Waals surface area contributed by atoms with Crippen molar-refractivity contribution in [1.82, 2.24) is 34.9 Å². The first-order valence-electron chi connectivity index (χ1n) is 8.71. The number of hydrogen-bond donors (Lipinski definition) is 0. The molecule has 9 heteroatoms. The molecule has 0 aliphatic carbocycles. The van der Waals surface area contributed by atoms with Gasteiger partial charge in [-0.3, -0.25) is 4.79 Å². The van der Waals surface area contributed by atoms with E-state index >= 15 is 0 Å². The van der Waals surface area contributed by atoms with Gasteiger partial charge in [0.2, 0.25) is 0 Å². The average molecular weight is 360 g/mol. The van der Waals surface area contributed by atoms with Crippen LogP contribution in [0.4, 0.5) is 5.82 Å². The van der Waals surface area contributed by atoms with Crippen molar-refractivity contribution in [2.75, 3.05) is 31.1 Å². The highest BCUT2D eigenvalue weighted by Gasteiger charge is 2.24. The van der Waals surface area contributed by atoms with Crippen molar-refractivity contribution in [1.29, 1.82) is 0 Å². The number of hydrogen-bond acceptors (Lipinski definition) is 7. The molecule has 1 aliphatic rings. The highest BCUT2D eigenvalue weighted by atomic mass is 16.2. The number of rotatable bonds is 2. The maximum atomic E-state index is 12.8. The van der Waals surface area contributed by atoms with Gasteiger partial charge in [-0.2, -0.15) is 0 Å². The van der Waals surface area contributed by atoms with Gasteiger partial charge in [0, 0.05) is 43.3 Å². The van der Waals surface area contributed by atoms with Crippen LogP contribution in [0.5, 0.6) is 0 Å². The second-order valence-electron chi connectivity index (χ2n) is 6.39. The van der Waals surface area contributed by atoms with Crippen molar-refractivity contribution in [3.63, 3.8) is 0 Å². The Morgan fingerprint density at radius 1 is 1.00 bits per heavy atom. The number of amides is 1. The third-order valence-electron chi connectivity index (χ3n) is 4.83. The summed E-state index contributed by atoms with van der Waals surface area (Å²) in [6, 6.07) is 11.4. The van der Waals surface area contributed by atoms with Crippen LogP contribution in [0, 0.1) is 0 Å². The van der Waals surface area contributed by atoms with E-state index < -0.39 is 0 Å². The Hall–Kier alpha value is -3.62. The fraction of sp³-hybridized carbons (Fsp3) is 0.222. The van der Waals surface area contributed by atoms with Crippen LogP contribution in [0.15, 0.2) is 48.9 Å². The van der Waals surface area contributed by atoms with Gasteiger partial charge < -0.3 is 9.80 Å². The minimum atomic E-state index is -0.00676. The third kappa shape index (κ3) is 2.73. The molecular weight excluding hydrogens is 344 g/mol. The number of benzene rings is 1. The van der Waals surface area contributed by atoms with E-state index in [0.717, 1.165) is 29.8 Å². The summed E-state index contributed by atoms with van der Waals surface area (Å²) in [5, 5.41) is 12.3. The highest BCUT2D eigenvalue weighted by Crippen LogP contribution is 2.23. The predicted molar refractivity (Wildman–Crippen MR) is 98.4 cm³/mol. The predicted octanol–water partition coefficient (Wildman–Crippen LogP) is 1.03. The Labute approximate surface area is 154 Å². The molecule has 9 nitrogen and oxygen atoms in total. The summed E-state index contributed by atoms with van der Waals surface area (Å²) in [5.41, 5.74) is 2.08. The van der Waals surface area contributed by atoms with Crippen LogP contribution in [-0.2, 0) is 0 Å². The smallest absolute Gasteiger partial charge is 0.254 e. The van der Waals surface area contributed by atoms with Crippen LogP contribution < -0.4 is 4.90 Å². The van der Waals surface area contributed by atoms with Crippen LogP contribution in [-0.4, -0.2) is 67.0 Å². The second kappa shape index (κ2) is 6.27. The summed E-state index contributed by atoms with van der Waals surface area (Å²) in [6.45, 7) is 2.71. The van der Waals surface area contributed by atoms with Crippen molar-refractivity contribution in [2.45, 2.75) is 0 Å². The lowest BCUT2D eigenvalue weighted by atomic mass is 10.2. The van der Waals surface area contributed by atoms with E-state index in [9.17, 15) is 4.79 Å². The van der Waals surface area contributed by atoms with Crippen LogP contribution in [0.2, 0.25) is 0 Å². The minimum absolute atomic E-state index is 0.00676. The fourth-order valence-corrected chi connectivity index (χ4v) is 3.42. The summed E-state index contributed by atoms with van der Waals surface area (Å²) in [7, 11) is 0. The molecule has 4 aromatic rings. The lowest BCUT2D eigenvalue weighted by Gasteiger charge is -2.35. The van der Waals surface area contributed by atoms with Crippen molar-refractivity contribution in [3.05, 3.63) is 54.5 Å². The molecule has 1 amide bonds. The van der Waals surface area contributed by atoms with E-state index in [1.807, 2.05) is 29.2 Å². The summed E-state index contributed by atoms with van der Waals surface area (Å²) < 4.78 is 1.54. The Bertz CT molecular complexity index is 1130. The van der Waals surface area contributed by atoms with Crippen molar-refractivity contribution >= 4 is 28.3 Å². The lowest BCUT2D eigenvalue weighted by molar-refractivity contribution is 0.0746. The van der Waals surface area contributed by atoms with E-state index in [1.165, 1.54) is 4.52 Å². The van der Waals surface area contributed by atoms with Gasteiger partial charge in [-0.15, -0.1) is 5.10 Å². The molecule has 0 atom stereocenters. The number of pyridine rings is 1. The number of fused-ring (bicyclic) bond motifs is 2. The number of nitrogens with zero attached hydrogens (tertiary/aromatic N) is 8. The first-order valence-corrected chi connectivity index (χ1v) is 8.71. The molecule has 1 saturated heterocycles. The van der Waals surface area contributed by atoms with Gasteiger partial charge in [-0.05, 0) is 34.7 Å². The van der Waals surface area contributed by atoms with E-state index in [0.29, 0.717) is 24.3 Å². The zero-order valence-electron chi connectivity index (χ0n) is 14.4. The van der Waals surface area contributed by atoms with Gasteiger partial charge in [0.05, 0.1) is 5.52 Å². The van der Waals surface area contributed by atoms with Crippen LogP contribution in [0.25, 0.3) is 16.6 Å². The van der Waals surface area contributed by atoms with Crippen molar-refractivity contribution < 1.29 is 4.79 Å². The summed E-state index contributed by atoms with van der Waals surface area (Å²) >= 11 is 0. The number of piperazine rings is 1. The first-order chi connectivity index (χ1) is 13.3. The summed E-state index contributed by atoms with van der Waals surface area (Å²) in [5.74, 6) is 0.913. The quantitative estimate of drug-likeness (QED) is 0.527. The number of para-hydroxylation sites is 1. The lowest BCUT2D eigenvalue weighted by Crippen LogP contribution is -2.49. The Morgan fingerprint density at radius 3 is 2.74 bits per heavy atom. The Morgan fingerprint density at radius 2 is 1.85 bits per heavy atom. The van der Waals surface area contributed by atoms with Gasteiger partial charge >= 0.3 is 0 Å². The molecule has 3 aromatic heterocycles. The molecule has 1 aromatic carbocycles. The average Bonchev–Trinajstić information content (AvgIpc) is 3.21. The number of carbonyl (C=O) groups is 1. The Balaban J connectivity index is 1.34. The maximum absolute atomic E-state index is 12.8. The molecule has 4 heterocycles. The largest absolute Gasteiger partial charge is 0.352 e. The SMILES string of the molecule is O=C(c1ccn2nnnc2c1)N1CCN(c2ncnc3ccccc23)CC1. The zero-order valence-corrected chi connectivity index (χ0v) is 14.4. The normalized spacial score (nSPS) is 14.8. The van der Waals surface area contributed by atoms with Gasteiger partial charge in [-0.25, -0.2) is 14.5 Å². The maximum Gasteiger partial charge on any atom is 0.254 e. The number of carbonyl (C=O) groups excluding carboxylic acids is 1. The zero-order chi connectivity index (χ0) is 18.2. The molecule has 0 saturated carbocycles. The fourth-order valence-electron chi connectivity index (χ4n) is 3.42. The molecule has 0 bridgehead atoms. The van der Waals surface area contributed by atoms with E-state index in [2.05, 4.69) is 30.4 Å². The second-order valence-corrected chi connectivity index (χ2v) is 6.39. The first kappa shape index (κ1) is 15.6. The Kier molecular flexibility index (Phi) is 3.63. The van der Waals surface area contributed by atoms with Crippen molar-refractivity contribution in [3.8, 4) is 0 Å². The minimum Gasteiger partial charge on any atom is -0.352 e. The van der Waals surface area contributed by atoms with Crippen LogP contribution in [0.3, 0.4) is 0 Å². The van der Waals surface area contributed by atoms with Gasteiger partial charge in [0.25, 0.3) is 5.91 Å². The van der Waals surface area contributed by atoms with Gasteiger partial charge in [-0.1, -0.05) is 12.1 Å². The molecular formula is C18H16N8O. The third-order valence-corrected chi connectivity index (χ3v) is 4.83. The standard InChI is InChI=1S/C18H16N8O/c27-18(13-5-6-26-16(11-13)21-22-23-26)25-9-7-24(8-10-25)17-14-3-1-2-4-15(14)19-12-20-17/h1-6,11-12H,7-10H2. The molecule has 1 aliphatic heterocycles. The van der Waals surface area contributed by atoms with E-state index in [-0.39, 0.29) is 5.91 Å². The van der Waals surface area contributed by atoms with E-state index in [1.54, 1.807) is 24.7 Å². The molecule has 1 fully saturated rings. The summed E-state index contributed by atoms with van der Waals surface area (Å²) in [4.78, 5) is 25.7. The van der Waals surface area contributed by atoms with Crippen molar-refractivity contribution in [2.24, 2.45) is 0 Å². The van der Waals surface area contributed by atoms with Gasteiger partial charge in [0.15, 0.2) is 5.65 Å². The number of anilines is 1. The number of aromatic nitrogens is 6. The van der Waals surface area contributed by atoms with Gasteiger partial charge in [0.1, 0.15) is 12.1 Å². The molecule has 0 unspecified atom stereocenters. The molecule has 27 heavy (non-hydrogen) atoms.